The highest BCUT2D eigenvalue weighted by Crippen LogP contribution is 2.42. The van der Waals surface area contributed by atoms with Crippen molar-refractivity contribution in [3.63, 3.8) is 0 Å². The van der Waals surface area contributed by atoms with Gasteiger partial charge in [0, 0.05) is 29.3 Å². The predicted molar refractivity (Wildman–Crippen MR) is 101 cm³/mol. The largest absolute Gasteiger partial charge is 0.362 e. The molecule has 26 heavy (non-hydrogen) atoms. The van der Waals surface area contributed by atoms with Gasteiger partial charge in [-0.1, -0.05) is 48.0 Å². The first-order valence-electron chi connectivity index (χ1n) is 9.05. The van der Waals surface area contributed by atoms with Crippen molar-refractivity contribution in [1.82, 2.24) is 5.32 Å². The Morgan fingerprint density at radius 3 is 2.27 bits per heavy atom. The monoisotopic (exact) mass is 347 g/mol. The molecule has 2 nitrogen and oxygen atoms in total. The van der Waals surface area contributed by atoms with Crippen molar-refractivity contribution in [3.05, 3.63) is 94.1 Å². The van der Waals surface area contributed by atoms with E-state index >= 15 is 0 Å². The highest BCUT2D eigenvalue weighted by atomic mass is 19.1. The normalized spacial score (nSPS) is 22.6. The van der Waals surface area contributed by atoms with E-state index in [1.165, 1.54) is 23.3 Å². The Balaban J connectivity index is 1.70. The van der Waals surface area contributed by atoms with Gasteiger partial charge in [0.25, 0.3) is 0 Å². The summed E-state index contributed by atoms with van der Waals surface area (Å²) in [6, 6.07) is 14.9. The number of allylic oxidation sites excluding steroid dienone is 4. The van der Waals surface area contributed by atoms with Crippen LogP contribution in [-0.2, 0) is 4.79 Å². The molecule has 0 fully saturated rings. The second-order valence-corrected chi connectivity index (χ2v) is 7.34. The van der Waals surface area contributed by atoms with Crippen LogP contribution in [0.25, 0.3) is 0 Å². The minimum absolute atomic E-state index is 0.0988. The summed E-state index contributed by atoms with van der Waals surface area (Å²) in [5.74, 6) is 0.0295. The molecular weight excluding hydrogens is 325 g/mol. The molecule has 4 rings (SSSR count). The average molecular weight is 347 g/mol. The number of Topliss-reactive ketones (excluding diaryl/α,β-unsaturated/α-hetero) is 1. The molecule has 1 aliphatic carbocycles. The molecule has 0 spiro atoms. The van der Waals surface area contributed by atoms with Crippen molar-refractivity contribution >= 4 is 5.78 Å². The minimum Gasteiger partial charge on any atom is -0.362 e. The predicted octanol–water partition coefficient (Wildman–Crippen LogP) is 5.13. The number of carbonyl (C=O) groups is 1. The van der Waals surface area contributed by atoms with E-state index in [4.69, 9.17) is 0 Å². The molecule has 1 N–H and O–H groups in total. The van der Waals surface area contributed by atoms with Crippen LogP contribution < -0.4 is 5.32 Å². The number of nitrogens with one attached hydrogen (secondary N) is 1. The van der Waals surface area contributed by atoms with Gasteiger partial charge in [-0.05, 0) is 49.4 Å². The van der Waals surface area contributed by atoms with Crippen molar-refractivity contribution in [1.29, 1.82) is 0 Å². The number of hydrogen-bond acceptors (Lipinski definition) is 2. The molecule has 2 unspecified atom stereocenters. The van der Waals surface area contributed by atoms with Crippen molar-refractivity contribution in [3.8, 4) is 0 Å². The first kappa shape index (κ1) is 16.8. The van der Waals surface area contributed by atoms with Gasteiger partial charge in [-0.15, -0.1) is 0 Å². The average Bonchev–Trinajstić information content (AvgIpc) is 2.62. The summed E-state index contributed by atoms with van der Waals surface area (Å²) in [5.41, 5.74) is 6.29. The van der Waals surface area contributed by atoms with E-state index in [0.717, 1.165) is 29.0 Å². The smallest absolute Gasteiger partial charge is 0.162 e. The van der Waals surface area contributed by atoms with Crippen molar-refractivity contribution in [2.45, 2.75) is 38.5 Å². The lowest BCUT2D eigenvalue weighted by Gasteiger charge is -2.34. The molecule has 2 aromatic rings. The topological polar surface area (TPSA) is 29.1 Å². The molecule has 0 aromatic heterocycles. The van der Waals surface area contributed by atoms with Gasteiger partial charge in [-0.2, -0.15) is 0 Å². The Bertz CT molecular complexity index is 906. The molecule has 2 aliphatic rings. The van der Waals surface area contributed by atoms with Crippen LogP contribution in [0.1, 0.15) is 48.3 Å². The maximum absolute atomic E-state index is 13.3. The van der Waals surface area contributed by atoms with Crippen LogP contribution in [0.3, 0.4) is 0 Å². The maximum Gasteiger partial charge on any atom is 0.162 e. The standard InChI is InChI=1S/C23H22FNO/c1-14-3-5-16(6-4-14)18-12-21-23(22(26)13-18)20(11-15(2)25-21)17-7-9-19(24)10-8-17/h3-11,18,20,25H,12-13H2,1-2H3. The van der Waals surface area contributed by atoms with Gasteiger partial charge in [0.2, 0.25) is 0 Å². The SMILES string of the molecule is CC1=CC(c2ccc(F)cc2)C2=C(CC(c3ccc(C)cc3)CC2=O)N1. The third-order valence-corrected chi connectivity index (χ3v) is 5.36. The fourth-order valence-corrected chi connectivity index (χ4v) is 4.03. The quantitative estimate of drug-likeness (QED) is 0.816. The van der Waals surface area contributed by atoms with Gasteiger partial charge in [-0.25, -0.2) is 4.39 Å². The number of hydrogen-bond donors (Lipinski definition) is 1. The van der Waals surface area contributed by atoms with E-state index in [0.29, 0.717) is 6.42 Å². The molecule has 0 radical (unpaired) electrons. The second-order valence-electron chi connectivity index (χ2n) is 7.34. The van der Waals surface area contributed by atoms with Crippen LogP contribution >= 0.6 is 0 Å². The lowest BCUT2D eigenvalue weighted by atomic mass is 9.74. The number of ketones is 1. The van der Waals surface area contributed by atoms with Gasteiger partial charge >= 0.3 is 0 Å². The summed E-state index contributed by atoms with van der Waals surface area (Å²) >= 11 is 0. The molecule has 0 bridgehead atoms. The first-order valence-corrected chi connectivity index (χ1v) is 9.05. The zero-order valence-electron chi connectivity index (χ0n) is 15.1. The highest BCUT2D eigenvalue weighted by Gasteiger charge is 2.35. The summed E-state index contributed by atoms with van der Waals surface area (Å²) in [5, 5.41) is 3.42. The number of benzene rings is 2. The van der Waals surface area contributed by atoms with Gasteiger partial charge < -0.3 is 5.32 Å². The Morgan fingerprint density at radius 1 is 0.923 bits per heavy atom. The summed E-state index contributed by atoms with van der Waals surface area (Å²) < 4.78 is 13.3. The van der Waals surface area contributed by atoms with Gasteiger partial charge in [0.1, 0.15) is 5.82 Å². The van der Waals surface area contributed by atoms with E-state index in [-0.39, 0.29) is 23.4 Å². The van der Waals surface area contributed by atoms with Crippen LogP contribution in [0.2, 0.25) is 0 Å². The van der Waals surface area contributed by atoms with E-state index in [1.807, 2.05) is 6.92 Å². The molecule has 1 heterocycles. The summed E-state index contributed by atoms with van der Waals surface area (Å²) in [7, 11) is 0. The fraction of sp³-hybridized carbons (Fsp3) is 0.261. The molecule has 2 aromatic carbocycles. The maximum atomic E-state index is 13.3. The van der Waals surface area contributed by atoms with E-state index in [9.17, 15) is 9.18 Å². The fourth-order valence-electron chi connectivity index (χ4n) is 4.03. The third-order valence-electron chi connectivity index (χ3n) is 5.36. The van der Waals surface area contributed by atoms with Crippen molar-refractivity contribution < 1.29 is 9.18 Å². The number of aryl methyl sites for hydroxylation is 1. The van der Waals surface area contributed by atoms with Crippen molar-refractivity contribution in [2.75, 3.05) is 0 Å². The zero-order chi connectivity index (χ0) is 18.3. The van der Waals surface area contributed by atoms with E-state index in [2.05, 4.69) is 42.6 Å². The molecule has 0 saturated carbocycles. The number of carbonyl (C=O) groups excluding carboxylic acids is 1. The second kappa shape index (κ2) is 6.56. The summed E-state index contributed by atoms with van der Waals surface area (Å²) in [6.07, 6.45) is 3.41. The summed E-state index contributed by atoms with van der Waals surface area (Å²) in [6.45, 7) is 4.08. The van der Waals surface area contributed by atoms with E-state index in [1.54, 1.807) is 12.1 Å². The lowest BCUT2D eigenvalue weighted by molar-refractivity contribution is -0.116. The zero-order valence-corrected chi connectivity index (χ0v) is 15.1. The van der Waals surface area contributed by atoms with Gasteiger partial charge in [-0.3, -0.25) is 4.79 Å². The van der Waals surface area contributed by atoms with Crippen molar-refractivity contribution in [2.24, 2.45) is 0 Å². The third kappa shape index (κ3) is 3.10. The molecule has 3 heteroatoms. The van der Waals surface area contributed by atoms with E-state index < -0.39 is 0 Å². The van der Waals surface area contributed by atoms with Crippen LogP contribution in [0.15, 0.2) is 71.6 Å². The molecular formula is C23H22FNO. The Labute approximate surface area is 153 Å². The summed E-state index contributed by atoms with van der Waals surface area (Å²) in [4.78, 5) is 13.0. The molecule has 0 amide bonds. The Hall–Kier alpha value is -2.68. The molecule has 0 saturated heterocycles. The molecule has 1 aliphatic heterocycles. The first-order chi connectivity index (χ1) is 12.5. The van der Waals surface area contributed by atoms with Crippen LogP contribution in [0.4, 0.5) is 4.39 Å². The molecule has 132 valence electrons. The lowest BCUT2D eigenvalue weighted by Crippen LogP contribution is -2.31. The van der Waals surface area contributed by atoms with Gasteiger partial charge in [0.15, 0.2) is 5.78 Å². The van der Waals surface area contributed by atoms with Crippen LogP contribution in [0, 0.1) is 12.7 Å². The van der Waals surface area contributed by atoms with Gasteiger partial charge in [0.05, 0.1) is 0 Å². The Morgan fingerprint density at radius 2 is 1.58 bits per heavy atom. The Kier molecular flexibility index (Phi) is 4.23. The number of halogens is 1. The highest BCUT2D eigenvalue weighted by molar-refractivity contribution is 5.99. The minimum atomic E-state index is -0.257. The number of rotatable bonds is 2. The molecule has 2 atom stereocenters. The number of dihydropyridines is 1. The van der Waals surface area contributed by atoms with Crippen LogP contribution in [-0.4, -0.2) is 5.78 Å². The van der Waals surface area contributed by atoms with Crippen LogP contribution in [0.5, 0.6) is 0 Å².